The lowest BCUT2D eigenvalue weighted by Gasteiger charge is -2.30. The van der Waals surface area contributed by atoms with Gasteiger partial charge in [-0.25, -0.2) is 0 Å². The third-order valence-electron chi connectivity index (χ3n) is 3.75. The minimum atomic E-state index is -1.15. The van der Waals surface area contributed by atoms with E-state index in [4.69, 9.17) is 23.2 Å². The van der Waals surface area contributed by atoms with Gasteiger partial charge in [0.05, 0.1) is 13.1 Å². The van der Waals surface area contributed by atoms with Gasteiger partial charge >= 0.3 is 0 Å². The molecule has 0 saturated heterocycles. The predicted octanol–water partition coefficient (Wildman–Crippen LogP) is 3.30. The number of rotatable bonds is 9. The molecule has 0 atom stereocenters. The number of amides is 2. The summed E-state index contributed by atoms with van der Waals surface area (Å²) in [5, 5.41) is 0. The van der Waals surface area contributed by atoms with Crippen LogP contribution in [-0.2, 0) is 23.2 Å². The lowest BCUT2D eigenvalue weighted by molar-refractivity contribution is -0.140. The van der Waals surface area contributed by atoms with Gasteiger partial charge in [-0.3, -0.25) is 9.59 Å². The Balaban J connectivity index is 2.90. The van der Waals surface area contributed by atoms with Gasteiger partial charge < -0.3 is 14.4 Å². The van der Waals surface area contributed by atoms with E-state index in [2.05, 4.69) is 13.8 Å². The number of halogens is 2. The fraction of sp³-hybridized carbons (Fsp3) is 0.667. The van der Waals surface area contributed by atoms with Crippen molar-refractivity contribution in [2.24, 2.45) is 18.9 Å². The van der Waals surface area contributed by atoms with E-state index >= 15 is 0 Å². The van der Waals surface area contributed by atoms with Gasteiger partial charge in [-0.15, -0.1) is 0 Å². The molecule has 25 heavy (non-hydrogen) atoms. The third kappa shape index (κ3) is 7.28. The molecule has 7 heteroatoms. The average molecular weight is 390 g/mol. The Bertz CT molecular complexity index is 570. The maximum absolute atomic E-state index is 12.9. The Labute approximate surface area is 160 Å². The van der Waals surface area contributed by atoms with Crippen LogP contribution in [0.4, 0.5) is 0 Å². The first-order chi connectivity index (χ1) is 11.6. The van der Waals surface area contributed by atoms with Crippen LogP contribution in [0, 0.1) is 11.8 Å². The van der Waals surface area contributed by atoms with Crippen LogP contribution in [0.25, 0.3) is 0 Å². The van der Waals surface area contributed by atoms with Crippen molar-refractivity contribution in [2.75, 3.05) is 19.6 Å². The number of carbonyl (C=O) groups excluding carboxylic acids is 2. The molecule has 0 aliphatic carbocycles. The molecule has 5 nitrogen and oxygen atoms in total. The van der Waals surface area contributed by atoms with Crippen molar-refractivity contribution in [3.8, 4) is 0 Å². The van der Waals surface area contributed by atoms with Crippen LogP contribution in [0.1, 0.15) is 33.4 Å². The maximum Gasteiger partial charge on any atom is 0.256 e. The predicted molar refractivity (Wildman–Crippen MR) is 103 cm³/mol. The van der Waals surface area contributed by atoms with Gasteiger partial charge in [0.25, 0.3) is 5.91 Å². The molecule has 0 unspecified atom stereocenters. The summed E-state index contributed by atoms with van der Waals surface area (Å²) in [7, 11) is 1.95. The van der Waals surface area contributed by atoms with E-state index in [1.165, 1.54) is 4.90 Å². The summed E-state index contributed by atoms with van der Waals surface area (Å²) >= 11 is 11.5. The molecule has 1 aromatic heterocycles. The highest BCUT2D eigenvalue weighted by Crippen LogP contribution is 2.13. The monoisotopic (exact) mass is 389 g/mol. The molecule has 2 amide bonds. The van der Waals surface area contributed by atoms with E-state index in [-0.39, 0.29) is 18.4 Å². The molecule has 142 valence electrons. The molecule has 0 fully saturated rings. The first-order valence-corrected chi connectivity index (χ1v) is 9.44. The van der Waals surface area contributed by atoms with Crippen molar-refractivity contribution in [2.45, 2.75) is 39.1 Å². The van der Waals surface area contributed by atoms with E-state index in [0.717, 1.165) is 5.69 Å². The minimum Gasteiger partial charge on any atom is -0.353 e. The summed E-state index contributed by atoms with van der Waals surface area (Å²) in [6.07, 6.45) is 1.95. The molecule has 1 aromatic rings. The van der Waals surface area contributed by atoms with Crippen molar-refractivity contribution in [3.63, 3.8) is 0 Å². The number of hydrogen-bond donors (Lipinski definition) is 0. The Hall–Kier alpha value is -1.20. The van der Waals surface area contributed by atoms with Crippen LogP contribution in [0.5, 0.6) is 0 Å². The first-order valence-electron chi connectivity index (χ1n) is 8.56. The number of aromatic nitrogens is 1. The van der Waals surface area contributed by atoms with Crippen LogP contribution >= 0.6 is 23.2 Å². The number of aryl methyl sites for hydroxylation is 1. The Morgan fingerprint density at radius 1 is 1.08 bits per heavy atom. The zero-order valence-electron chi connectivity index (χ0n) is 15.7. The quantitative estimate of drug-likeness (QED) is 0.608. The molecule has 1 rings (SSSR count). The van der Waals surface area contributed by atoms with E-state index < -0.39 is 10.7 Å². The van der Waals surface area contributed by atoms with Crippen molar-refractivity contribution in [3.05, 3.63) is 24.0 Å². The largest absolute Gasteiger partial charge is 0.353 e. The highest BCUT2D eigenvalue weighted by atomic mass is 35.5. The van der Waals surface area contributed by atoms with Crippen LogP contribution in [0.15, 0.2) is 18.3 Å². The molecule has 1 heterocycles. The molecule has 0 radical (unpaired) electrons. The van der Waals surface area contributed by atoms with Gasteiger partial charge in [0, 0.05) is 32.0 Å². The maximum atomic E-state index is 12.9. The van der Waals surface area contributed by atoms with Gasteiger partial charge in [-0.1, -0.05) is 50.9 Å². The first kappa shape index (κ1) is 21.8. The summed E-state index contributed by atoms with van der Waals surface area (Å²) in [5.41, 5.74) is 1.04. The normalized spacial score (nSPS) is 11.4. The number of nitrogens with zero attached hydrogens (tertiary/aromatic N) is 3. The van der Waals surface area contributed by atoms with Crippen LogP contribution in [0.2, 0.25) is 0 Å². The van der Waals surface area contributed by atoms with Crippen LogP contribution in [-0.4, -0.2) is 50.7 Å². The van der Waals surface area contributed by atoms with Crippen molar-refractivity contribution in [1.82, 2.24) is 14.4 Å². The summed E-state index contributed by atoms with van der Waals surface area (Å²) in [6, 6.07) is 3.94. The van der Waals surface area contributed by atoms with Gasteiger partial charge in [0.15, 0.2) is 4.84 Å². The van der Waals surface area contributed by atoms with Gasteiger partial charge in [0.2, 0.25) is 5.91 Å². The molecule has 0 N–H and O–H groups in total. The topological polar surface area (TPSA) is 45.6 Å². The molecular formula is C18H29Cl2N3O2. The summed E-state index contributed by atoms with van der Waals surface area (Å²) in [5.74, 6) is 0.0224. The molecule has 0 saturated carbocycles. The van der Waals surface area contributed by atoms with Gasteiger partial charge in [-0.2, -0.15) is 0 Å². The number of alkyl halides is 2. The Morgan fingerprint density at radius 3 is 2.08 bits per heavy atom. The zero-order valence-corrected chi connectivity index (χ0v) is 17.2. The van der Waals surface area contributed by atoms with Crippen LogP contribution in [0.3, 0.4) is 0 Å². The highest BCUT2D eigenvalue weighted by Gasteiger charge is 2.26. The Morgan fingerprint density at radius 2 is 1.64 bits per heavy atom. The fourth-order valence-electron chi connectivity index (χ4n) is 2.63. The van der Waals surface area contributed by atoms with Crippen molar-refractivity contribution >= 4 is 35.0 Å². The number of hydrogen-bond acceptors (Lipinski definition) is 2. The third-order valence-corrected chi connectivity index (χ3v) is 4.13. The van der Waals surface area contributed by atoms with Gasteiger partial charge in [-0.05, 0) is 24.0 Å². The smallest absolute Gasteiger partial charge is 0.256 e. The van der Waals surface area contributed by atoms with Crippen molar-refractivity contribution in [1.29, 1.82) is 0 Å². The van der Waals surface area contributed by atoms with Crippen LogP contribution < -0.4 is 0 Å². The standard InChI is InChI=1S/C18H29Cl2N3O2/c1-13(2)9-22(11-15-7-6-8-21(15)5)16(24)12-23(10-14(3)4)18(25)17(19)20/h6-8,13-14,17H,9-12H2,1-5H3. The second-order valence-electron chi connectivity index (χ2n) is 7.19. The second kappa shape index (κ2) is 10.1. The molecule has 0 aromatic carbocycles. The van der Waals surface area contributed by atoms with E-state index in [1.54, 1.807) is 4.90 Å². The second-order valence-corrected chi connectivity index (χ2v) is 8.29. The summed E-state index contributed by atoms with van der Waals surface area (Å²) in [6.45, 7) is 9.67. The fourth-order valence-corrected chi connectivity index (χ4v) is 2.90. The van der Waals surface area contributed by atoms with E-state index in [0.29, 0.717) is 25.6 Å². The molecule has 0 aliphatic rings. The molecule has 0 aliphatic heterocycles. The lowest BCUT2D eigenvalue weighted by atomic mass is 10.2. The zero-order chi connectivity index (χ0) is 19.1. The average Bonchev–Trinajstić information content (AvgIpc) is 2.89. The molecular weight excluding hydrogens is 361 g/mol. The van der Waals surface area contributed by atoms with E-state index in [9.17, 15) is 9.59 Å². The minimum absolute atomic E-state index is 0.00983. The number of carbonyl (C=O) groups is 2. The summed E-state index contributed by atoms with van der Waals surface area (Å²) in [4.78, 5) is 27.2. The summed E-state index contributed by atoms with van der Waals surface area (Å²) < 4.78 is 1.99. The van der Waals surface area contributed by atoms with Gasteiger partial charge in [0.1, 0.15) is 0 Å². The SMILES string of the molecule is CC(C)CN(Cc1cccn1C)C(=O)CN(CC(C)C)C(=O)C(Cl)Cl. The molecule has 0 bridgehead atoms. The van der Waals surface area contributed by atoms with Crippen molar-refractivity contribution < 1.29 is 9.59 Å². The van der Waals surface area contributed by atoms with E-state index in [1.807, 2.05) is 43.8 Å². The lowest BCUT2D eigenvalue weighted by Crippen LogP contribution is -2.46. The molecule has 0 spiro atoms. The highest BCUT2D eigenvalue weighted by molar-refractivity contribution is 6.53. The Kier molecular flexibility index (Phi) is 8.80.